The molecule has 16 heavy (non-hydrogen) atoms. The highest BCUT2D eigenvalue weighted by atomic mass is 35.5. The molecule has 0 radical (unpaired) electrons. The zero-order chi connectivity index (χ0) is 11.4. The molecule has 0 aromatic carbocycles. The van der Waals surface area contributed by atoms with Gasteiger partial charge in [-0.15, -0.1) is 5.10 Å². The topological polar surface area (TPSA) is 63.8 Å². The van der Waals surface area contributed by atoms with E-state index >= 15 is 0 Å². The fraction of sp³-hybridized carbons (Fsp3) is 0.636. The van der Waals surface area contributed by atoms with Gasteiger partial charge in [-0.1, -0.05) is 24.4 Å². The Balaban J connectivity index is 1.84. The van der Waals surface area contributed by atoms with E-state index in [0.717, 1.165) is 18.5 Å². The van der Waals surface area contributed by atoms with Crippen molar-refractivity contribution in [2.75, 3.05) is 0 Å². The minimum absolute atomic E-state index is 0.272. The molecule has 3 N–H and O–H groups in total. The summed E-state index contributed by atoms with van der Waals surface area (Å²) in [5.74, 6) is 0. The Morgan fingerprint density at radius 1 is 1.31 bits per heavy atom. The molecule has 5 heteroatoms. The molecule has 1 aliphatic carbocycles. The van der Waals surface area contributed by atoms with Crippen LogP contribution in [0.25, 0.3) is 0 Å². The highest BCUT2D eigenvalue weighted by Gasteiger charge is 2.20. The molecule has 88 valence electrons. The van der Waals surface area contributed by atoms with Crippen molar-refractivity contribution in [3.63, 3.8) is 0 Å². The number of nitrogens with zero attached hydrogens (tertiary/aromatic N) is 2. The number of hydrogen-bond acceptors (Lipinski definition) is 4. The Kier molecular flexibility index (Phi) is 4.09. The van der Waals surface area contributed by atoms with E-state index in [1.807, 2.05) is 6.07 Å². The van der Waals surface area contributed by atoms with E-state index in [-0.39, 0.29) is 6.04 Å². The van der Waals surface area contributed by atoms with Gasteiger partial charge in [-0.2, -0.15) is 5.10 Å². The summed E-state index contributed by atoms with van der Waals surface area (Å²) in [6, 6.07) is 4.32. The average Bonchev–Trinajstić information content (AvgIpc) is 2.30. The van der Waals surface area contributed by atoms with Crippen LogP contribution in [0.2, 0.25) is 5.15 Å². The Hall–Kier alpha value is -0.710. The first-order valence-electron chi connectivity index (χ1n) is 5.73. The van der Waals surface area contributed by atoms with Crippen molar-refractivity contribution in [3.8, 4) is 0 Å². The molecule has 2 unspecified atom stereocenters. The minimum Gasteiger partial charge on any atom is -0.326 e. The van der Waals surface area contributed by atoms with Gasteiger partial charge in [-0.25, -0.2) is 0 Å². The number of nitrogens with one attached hydrogen (secondary N) is 1. The van der Waals surface area contributed by atoms with E-state index in [1.54, 1.807) is 6.07 Å². The van der Waals surface area contributed by atoms with Crippen LogP contribution < -0.4 is 11.1 Å². The van der Waals surface area contributed by atoms with Gasteiger partial charge in [-0.3, -0.25) is 0 Å². The second-order valence-electron chi connectivity index (χ2n) is 4.28. The van der Waals surface area contributed by atoms with E-state index in [4.69, 9.17) is 17.3 Å². The molecule has 1 fully saturated rings. The van der Waals surface area contributed by atoms with E-state index < -0.39 is 0 Å². The van der Waals surface area contributed by atoms with Crippen LogP contribution >= 0.6 is 11.6 Å². The Morgan fingerprint density at radius 3 is 2.81 bits per heavy atom. The molecule has 1 aliphatic rings. The first-order valence-corrected chi connectivity index (χ1v) is 6.10. The van der Waals surface area contributed by atoms with Gasteiger partial charge < -0.3 is 11.1 Å². The summed E-state index contributed by atoms with van der Waals surface area (Å²) in [7, 11) is 0. The maximum absolute atomic E-state index is 6.05. The van der Waals surface area contributed by atoms with Gasteiger partial charge in [0.05, 0.1) is 5.69 Å². The van der Waals surface area contributed by atoms with Gasteiger partial charge in [0.2, 0.25) is 0 Å². The first-order chi connectivity index (χ1) is 7.75. The molecule has 1 saturated carbocycles. The van der Waals surface area contributed by atoms with Crippen LogP contribution in [-0.4, -0.2) is 22.3 Å². The van der Waals surface area contributed by atoms with Crippen molar-refractivity contribution in [3.05, 3.63) is 23.0 Å². The maximum atomic E-state index is 6.05. The van der Waals surface area contributed by atoms with E-state index in [1.165, 1.54) is 12.8 Å². The van der Waals surface area contributed by atoms with E-state index in [0.29, 0.717) is 17.7 Å². The highest BCUT2D eigenvalue weighted by molar-refractivity contribution is 6.29. The molecule has 0 saturated heterocycles. The number of hydrogen-bond donors (Lipinski definition) is 2. The Bertz CT molecular complexity index is 327. The SMILES string of the molecule is NC1CCCCC1NCc1ccc(Cl)nn1. The largest absolute Gasteiger partial charge is 0.326 e. The smallest absolute Gasteiger partial charge is 0.151 e. The number of rotatable bonds is 3. The molecule has 0 bridgehead atoms. The normalized spacial score (nSPS) is 25.6. The molecule has 0 aliphatic heterocycles. The Morgan fingerprint density at radius 2 is 2.12 bits per heavy atom. The fourth-order valence-corrected chi connectivity index (χ4v) is 2.19. The molecular formula is C11H17ClN4. The van der Waals surface area contributed by atoms with Crippen molar-refractivity contribution in [1.29, 1.82) is 0 Å². The first kappa shape index (κ1) is 11.8. The zero-order valence-electron chi connectivity index (χ0n) is 9.19. The number of aromatic nitrogens is 2. The van der Waals surface area contributed by atoms with Crippen molar-refractivity contribution < 1.29 is 0 Å². The minimum atomic E-state index is 0.272. The summed E-state index contributed by atoms with van der Waals surface area (Å²) < 4.78 is 0. The van der Waals surface area contributed by atoms with Gasteiger partial charge in [0.25, 0.3) is 0 Å². The average molecular weight is 241 g/mol. The van der Waals surface area contributed by atoms with Crippen molar-refractivity contribution in [1.82, 2.24) is 15.5 Å². The summed E-state index contributed by atoms with van der Waals surface area (Å²) in [5, 5.41) is 11.7. The van der Waals surface area contributed by atoms with Gasteiger partial charge in [0, 0.05) is 18.6 Å². The standard InChI is InChI=1S/C11H17ClN4/c12-11-6-5-8(15-16-11)7-14-10-4-2-1-3-9(10)13/h5-6,9-10,14H,1-4,7,13H2. The third-order valence-corrected chi connectivity index (χ3v) is 3.25. The summed E-state index contributed by atoms with van der Waals surface area (Å²) in [6.45, 7) is 0.711. The third kappa shape index (κ3) is 3.14. The molecular weight excluding hydrogens is 224 g/mol. The van der Waals surface area contributed by atoms with Crippen LogP contribution in [-0.2, 0) is 6.54 Å². The van der Waals surface area contributed by atoms with Gasteiger partial charge in [0.1, 0.15) is 0 Å². The summed E-state index contributed by atoms with van der Waals surface area (Å²) in [4.78, 5) is 0. The van der Waals surface area contributed by atoms with Crippen LogP contribution in [0.1, 0.15) is 31.4 Å². The summed E-state index contributed by atoms with van der Waals surface area (Å²) in [6.07, 6.45) is 4.78. The molecule has 0 spiro atoms. The zero-order valence-corrected chi connectivity index (χ0v) is 9.95. The van der Waals surface area contributed by atoms with Gasteiger partial charge in [0.15, 0.2) is 5.15 Å². The van der Waals surface area contributed by atoms with Crippen LogP contribution in [0.3, 0.4) is 0 Å². The fourth-order valence-electron chi connectivity index (χ4n) is 2.09. The summed E-state index contributed by atoms with van der Waals surface area (Å²) >= 11 is 5.67. The lowest BCUT2D eigenvalue weighted by Gasteiger charge is -2.29. The van der Waals surface area contributed by atoms with Crippen LogP contribution in [0.4, 0.5) is 0 Å². The summed E-state index contributed by atoms with van der Waals surface area (Å²) in [5.41, 5.74) is 6.95. The van der Waals surface area contributed by atoms with Gasteiger partial charge in [-0.05, 0) is 25.0 Å². The lowest BCUT2D eigenvalue weighted by atomic mass is 9.91. The maximum Gasteiger partial charge on any atom is 0.151 e. The second kappa shape index (κ2) is 5.57. The quantitative estimate of drug-likeness (QED) is 0.840. The molecule has 1 heterocycles. The molecule has 2 atom stereocenters. The van der Waals surface area contributed by atoms with E-state index in [9.17, 15) is 0 Å². The van der Waals surface area contributed by atoms with Crippen molar-refractivity contribution in [2.24, 2.45) is 5.73 Å². The lowest BCUT2D eigenvalue weighted by Crippen LogP contribution is -2.46. The van der Waals surface area contributed by atoms with Crippen molar-refractivity contribution >= 4 is 11.6 Å². The molecule has 2 rings (SSSR count). The molecule has 1 aromatic heterocycles. The number of nitrogens with two attached hydrogens (primary N) is 1. The molecule has 4 nitrogen and oxygen atoms in total. The monoisotopic (exact) mass is 240 g/mol. The lowest BCUT2D eigenvalue weighted by molar-refractivity contribution is 0.325. The molecule has 0 amide bonds. The van der Waals surface area contributed by atoms with Crippen LogP contribution in [0.15, 0.2) is 12.1 Å². The van der Waals surface area contributed by atoms with E-state index in [2.05, 4.69) is 15.5 Å². The predicted molar refractivity (Wildman–Crippen MR) is 64.1 cm³/mol. The van der Waals surface area contributed by atoms with Gasteiger partial charge >= 0.3 is 0 Å². The highest BCUT2D eigenvalue weighted by Crippen LogP contribution is 2.17. The Labute approximate surface area is 101 Å². The predicted octanol–water partition coefficient (Wildman–Crippen LogP) is 1.49. The third-order valence-electron chi connectivity index (χ3n) is 3.05. The molecule has 1 aromatic rings. The van der Waals surface area contributed by atoms with Crippen LogP contribution in [0.5, 0.6) is 0 Å². The van der Waals surface area contributed by atoms with Crippen LogP contribution in [0, 0.1) is 0 Å². The van der Waals surface area contributed by atoms with Crippen molar-refractivity contribution in [2.45, 2.75) is 44.3 Å². The number of halogens is 1. The second-order valence-corrected chi connectivity index (χ2v) is 4.67.